The first-order chi connectivity index (χ1) is 7.97. The molecule has 17 heavy (non-hydrogen) atoms. The molecule has 0 aliphatic heterocycles. The number of carbonyl (C=O) groups excluding carboxylic acids is 1. The topological polar surface area (TPSA) is 57.0 Å². The Morgan fingerprint density at radius 2 is 2.00 bits per heavy atom. The minimum atomic E-state index is -0.383. The number of hydrogen-bond donors (Lipinski definition) is 0. The van der Waals surface area contributed by atoms with E-state index < -0.39 is 0 Å². The number of nitrogens with zero attached hydrogens (tertiary/aromatic N) is 3. The van der Waals surface area contributed by atoms with Crippen LogP contribution in [0.3, 0.4) is 0 Å². The number of rotatable bonds is 5. The standard InChI is InChI=1S/C12H21N3O2/c1-6-17-12(16)10-11(9(4)5)15(14-13-10)7-8(2)3/h8-9H,6-7H2,1-5H3. The van der Waals surface area contributed by atoms with E-state index in [0.717, 1.165) is 12.2 Å². The van der Waals surface area contributed by atoms with Crippen molar-refractivity contribution in [1.82, 2.24) is 15.0 Å². The second kappa shape index (κ2) is 5.80. The van der Waals surface area contributed by atoms with Gasteiger partial charge >= 0.3 is 5.97 Å². The molecule has 0 N–H and O–H groups in total. The van der Waals surface area contributed by atoms with Crippen LogP contribution in [0.15, 0.2) is 0 Å². The highest BCUT2D eigenvalue weighted by atomic mass is 16.5. The van der Waals surface area contributed by atoms with Crippen molar-refractivity contribution in [3.8, 4) is 0 Å². The van der Waals surface area contributed by atoms with Crippen molar-refractivity contribution in [1.29, 1.82) is 0 Å². The fourth-order valence-electron chi connectivity index (χ4n) is 1.72. The summed E-state index contributed by atoms with van der Waals surface area (Å²) in [5.41, 5.74) is 1.21. The maximum Gasteiger partial charge on any atom is 0.360 e. The third kappa shape index (κ3) is 3.28. The van der Waals surface area contributed by atoms with Crippen LogP contribution in [0, 0.1) is 5.92 Å². The summed E-state index contributed by atoms with van der Waals surface area (Å²) in [6, 6.07) is 0. The van der Waals surface area contributed by atoms with Gasteiger partial charge in [0.15, 0.2) is 5.69 Å². The van der Waals surface area contributed by atoms with E-state index in [2.05, 4.69) is 24.2 Å². The fourth-order valence-corrected chi connectivity index (χ4v) is 1.72. The molecule has 0 spiro atoms. The Morgan fingerprint density at radius 3 is 2.47 bits per heavy atom. The van der Waals surface area contributed by atoms with Crippen LogP contribution in [-0.4, -0.2) is 27.6 Å². The summed E-state index contributed by atoms with van der Waals surface area (Å²) in [6.45, 7) is 11.2. The van der Waals surface area contributed by atoms with Crippen LogP contribution in [-0.2, 0) is 11.3 Å². The van der Waals surface area contributed by atoms with Crippen molar-refractivity contribution in [2.75, 3.05) is 6.61 Å². The lowest BCUT2D eigenvalue weighted by Gasteiger charge is -2.12. The van der Waals surface area contributed by atoms with E-state index in [-0.39, 0.29) is 11.9 Å². The number of carbonyl (C=O) groups is 1. The first kappa shape index (κ1) is 13.7. The highest BCUT2D eigenvalue weighted by Gasteiger charge is 2.23. The first-order valence-electron chi connectivity index (χ1n) is 6.07. The van der Waals surface area contributed by atoms with E-state index in [0.29, 0.717) is 18.2 Å². The largest absolute Gasteiger partial charge is 0.461 e. The predicted octanol–water partition coefficient (Wildman–Crippen LogP) is 2.23. The molecule has 0 unspecified atom stereocenters. The lowest BCUT2D eigenvalue weighted by atomic mass is 10.1. The van der Waals surface area contributed by atoms with Crippen LogP contribution in [0.1, 0.15) is 56.7 Å². The van der Waals surface area contributed by atoms with Gasteiger partial charge in [-0.15, -0.1) is 5.10 Å². The van der Waals surface area contributed by atoms with Crippen LogP contribution in [0.5, 0.6) is 0 Å². The van der Waals surface area contributed by atoms with Gasteiger partial charge in [-0.2, -0.15) is 0 Å². The molecule has 96 valence electrons. The van der Waals surface area contributed by atoms with Crippen molar-refractivity contribution in [3.63, 3.8) is 0 Å². The Balaban J connectivity index is 3.06. The molecule has 0 amide bonds. The van der Waals surface area contributed by atoms with Crippen LogP contribution < -0.4 is 0 Å². The molecule has 5 heteroatoms. The molecular formula is C12H21N3O2. The summed E-state index contributed by atoms with van der Waals surface area (Å²) >= 11 is 0. The van der Waals surface area contributed by atoms with E-state index in [1.165, 1.54) is 0 Å². The molecule has 0 bridgehead atoms. The van der Waals surface area contributed by atoms with Gasteiger partial charge in [0.05, 0.1) is 12.3 Å². The third-order valence-corrected chi connectivity index (χ3v) is 2.33. The Kier molecular flexibility index (Phi) is 4.66. The molecule has 0 aliphatic carbocycles. The maximum absolute atomic E-state index is 11.7. The smallest absolute Gasteiger partial charge is 0.360 e. The van der Waals surface area contributed by atoms with Gasteiger partial charge in [-0.05, 0) is 18.8 Å². The molecule has 0 saturated carbocycles. The normalized spacial score (nSPS) is 11.2. The van der Waals surface area contributed by atoms with Crippen molar-refractivity contribution in [2.24, 2.45) is 5.92 Å². The number of hydrogen-bond acceptors (Lipinski definition) is 4. The molecule has 0 atom stereocenters. The molecule has 0 radical (unpaired) electrons. The van der Waals surface area contributed by atoms with Crippen molar-refractivity contribution >= 4 is 5.97 Å². The Hall–Kier alpha value is -1.39. The summed E-state index contributed by atoms with van der Waals surface area (Å²) in [5, 5.41) is 7.99. The summed E-state index contributed by atoms with van der Waals surface area (Å²) in [5.74, 6) is 0.276. The van der Waals surface area contributed by atoms with Crippen LogP contribution in [0.25, 0.3) is 0 Å². The Labute approximate surface area is 102 Å². The van der Waals surface area contributed by atoms with Crippen LogP contribution in [0.2, 0.25) is 0 Å². The molecule has 0 aromatic carbocycles. The molecule has 0 aliphatic rings. The monoisotopic (exact) mass is 239 g/mol. The van der Waals surface area contributed by atoms with Crippen molar-refractivity contribution < 1.29 is 9.53 Å². The van der Waals surface area contributed by atoms with Crippen molar-refractivity contribution in [2.45, 2.75) is 47.1 Å². The van der Waals surface area contributed by atoms with Gasteiger partial charge < -0.3 is 4.74 Å². The minimum absolute atomic E-state index is 0.197. The van der Waals surface area contributed by atoms with Gasteiger partial charge in [-0.1, -0.05) is 32.9 Å². The van der Waals surface area contributed by atoms with Gasteiger partial charge in [0.1, 0.15) is 0 Å². The highest BCUT2D eigenvalue weighted by Crippen LogP contribution is 2.19. The second-order valence-corrected chi connectivity index (χ2v) is 4.77. The Bertz CT molecular complexity index is 383. The molecule has 1 heterocycles. The zero-order chi connectivity index (χ0) is 13.0. The third-order valence-electron chi connectivity index (χ3n) is 2.33. The lowest BCUT2D eigenvalue weighted by molar-refractivity contribution is 0.0517. The average Bonchev–Trinajstić information content (AvgIpc) is 2.60. The average molecular weight is 239 g/mol. The number of aromatic nitrogens is 3. The van der Waals surface area contributed by atoms with E-state index >= 15 is 0 Å². The zero-order valence-electron chi connectivity index (χ0n) is 11.2. The maximum atomic E-state index is 11.7. The van der Waals surface area contributed by atoms with Crippen LogP contribution >= 0.6 is 0 Å². The SMILES string of the molecule is CCOC(=O)c1nnn(CC(C)C)c1C(C)C. The van der Waals surface area contributed by atoms with Gasteiger partial charge in [-0.25, -0.2) is 9.48 Å². The van der Waals surface area contributed by atoms with Gasteiger partial charge in [-0.3, -0.25) is 0 Å². The minimum Gasteiger partial charge on any atom is -0.461 e. The van der Waals surface area contributed by atoms with E-state index in [9.17, 15) is 4.79 Å². The molecule has 1 aromatic rings. The highest BCUT2D eigenvalue weighted by molar-refractivity contribution is 5.88. The number of esters is 1. The lowest BCUT2D eigenvalue weighted by Crippen LogP contribution is -2.14. The van der Waals surface area contributed by atoms with E-state index in [1.54, 1.807) is 6.92 Å². The first-order valence-corrected chi connectivity index (χ1v) is 6.07. The Morgan fingerprint density at radius 1 is 1.35 bits per heavy atom. The summed E-state index contributed by atoms with van der Waals surface area (Å²) in [6.07, 6.45) is 0. The molecule has 0 saturated heterocycles. The van der Waals surface area contributed by atoms with Crippen LogP contribution in [0.4, 0.5) is 0 Å². The predicted molar refractivity (Wildman–Crippen MR) is 64.9 cm³/mol. The molecule has 0 fully saturated rings. The van der Waals surface area contributed by atoms with E-state index in [4.69, 9.17) is 4.74 Å². The van der Waals surface area contributed by atoms with Gasteiger partial charge in [0.2, 0.25) is 0 Å². The van der Waals surface area contributed by atoms with Crippen molar-refractivity contribution in [3.05, 3.63) is 11.4 Å². The summed E-state index contributed by atoms with van der Waals surface area (Å²) < 4.78 is 6.79. The summed E-state index contributed by atoms with van der Waals surface area (Å²) in [7, 11) is 0. The summed E-state index contributed by atoms with van der Waals surface area (Å²) in [4.78, 5) is 11.7. The number of ether oxygens (including phenoxy) is 1. The fraction of sp³-hybridized carbons (Fsp3) is 0.750. The second-order valence-electron chi connectivity index (χ2n) is 4.77. The van der Waals surface area contributed by atoms with Gasteiger partial charge in [0.25, 0.3) is 0 Å². The molecule has 5 nitrogen and oxygen atoms in total. The molecule has 1 rings (SSSR count). The van der Waals surface area contributed by atoms with Gasteiger partial charge in [0, 0.05) is 6.54 Å². The quantitative estimate of drug-likeness (QED) is 0.739. The van der Waals surface area contributed by atoms with E-state index in [1.807, 2.05) is 18.5 Å². The zero-order valence-corrected chi connectivity index (χ0v) is 11.2. The molecule has 1 aromatic heterocycles. The molecular weight excluding hydrogens is 218 g/mol.